The van der Waals surface area contributed by atoms with Gasteiger partial charge in [-0.05, 0) is 94.2 Å². The van der Waals surface area contributed by atoms with Gasteiger partial charge in [-0.15, -0.1) is 11.3 Å². The fourth-order valence-corrected chi connectivity index (χ4v) is 7.63. The van der Waals surface area contributed by atoms with Gasteiger partial charge in [0.25, 0.3) is 5.91 Å². The zero-order chi connectivity index (χ0) is 31.9. The summed E-state index contributed by atoms with van der Waals surface area (Å²) >= 11 is 1.33. The fourth-order valence-electron chi connectivity index (χ4n) is 6.66. The summed E-state index contributed by atoms with van der Waals surface area (Å²) in [4.78, 5) is 44.1. The van der Waals surface area contributed by atoms with Crippen molar-refractivity contribution in [3.63, 3.8) is 0 Å². The molecule has 4 atom stereocenters. The predicted octanol–water partition coefficient (Wildman–Crippen LogP) is 5.14. The van der Waals surface area contributed by atoms with Gasteiger partial charge in [0.15, 0.2) is 0 Å². The van der Waals surface area contributed by atoms with Gasteiger partial charge in [0.2, 0.25) is 5.91 Å². The minimum Gasteiger partial charge on any atom is -0.444 e. The molecule has 2 aliphatic heterocycles. The minimum atomic E-state index is -0.838. The molecule has 12 heteroatoms. The molecule has 0 spiro atoms. The lowest BCUT2D eigenvalue weighted by Crippen LogP contribution is -2.55. The van der Waals surface area contributed by atoms with E-state index in [2.05, 4.69) is 16.5 Å². The lowest BCUT2D eigenvalue weighted by Gasteiger charge is -2.35. The van der Waals surface area contributed by atoms with E-state index in [1.54, 1.807) is 48.9 Å². The van der Waals surface area contributed by atoms with Crippen LogP contribution >= 0.6 is 11.3 Å². The van der Waals surface area contributed by atoms with Gasteiger partial charge >= 0.3 is 6.09 Å². The SMILES string of the molecule is CC(C)(C)OC(=O)N1C2CCC(C2)C1C(=O)NC(C#N)CCc1ccc(-c2ccc(C(=O)N3CCn4nccc4C3)s2)cc1F. The molecule has 3 aromatic rings. The number of fused-ring (bicyclic) bond motifs is 3. The number of piperidine rings is 1. The van der Waals surface area contributed by atoms with Crippen molar-refractivity contribution in [3.8, 4) is 16.5 Å². The van der Waals surface area contributed by atoms with E-state index in [1.807, 2.05) is 22.9 Å². The van der Waals surface area contributed by atoms with Gasteiger partial charge < -0.3 is 15.0 Å². The molecule has 4 heterocycles. The molecule has 45 heavy (non-hydrogen) atoms. The summed E-state index contributed by atoms with van der Waals surface area (Å²) in [5, 5.41) is 16.9. The number of hydrogen-bond acceptors (Lipinski definition) is 7. The summed E-state index contributed by atoms with van der Waals surface area (Å²) in [6.07, 6.45) is 4.13. The predicted molar refractivity (Wildman–Crippen MR) is 166 cm³/mol. The quantitative estimate of drug-likeness (QED) is 0.386. The van der Waals surface area contributed by atoms with Gasteiger partial charge in [-0.3, -0.25) is 19.2 Å². The van der Waals surface area contributed by atoms with Gasteiger partial charge in [-0.1, -0.05) is 12.1 Å². The number of ether oxygens (including phenoxy) is 1. The molecule has 1 aliphatic carbocycles. The maximum absolute atomic E-state index is 15.2. The van der Waals surface area contributed by atoms with Crippen molar-refractivity contribution >= 4 is 29.2 Å². The number of carbonyl (C=O) groups is 3. The first kappa shape index (κ1) is 30.8. The summed E-state index contributed by atoms with van der Waals surface area (Å²) in [6.45, 7) is 7.11. The molecule has 0 radical (unpaired) electrons. The van der Waals surface area contributed by atoms with Gasteiger partial charge in [-0.25, -0.2) is 9.18 Å². The second kappa shape index (κ2) is 12.3. The van der Waals surface area contributed by atoms with E-state index < -0.39 is 29.6 Å². The molecule has 1 saturated heterocycles. The van der Waals surface area contributed by atoms with Crippen LogP contribution in [0, 0.1) is 23.1 Å². The molecule has 6 rings (SSSR count). The van der Waals surface area contributed by atoms with Crippen LogP contribution in [0.25, 0.3) is 10.4 Å². The van der Waals surface area contributed by atoms with Crippen LogP contribution in [-0.4, -0.2) is 67.8 Å². The van der Waals surface area contributed by atoms with Crippen molar-refractivity contribution in [1.82, 2.24) is 24.9 Å². The number of amides is 3. The molecular formula is C33H37FN6O4S. The zero-order valence-corrected chi connectivity index (χ0v) is 26.5. The summed E-state index contributed by atoms with van der Waals surface area (Å²) < 4.78 is 22.7. The number of aryl methyl sites for hydroxylation is 1. The third kappa shape index (κ3) is 6.45. The zero-order valence-electron chi connectivity index (χ0n) is 25.7. The molecule has 1 N–H and O–H groups in total. The number of nitrogens with one attached hydrogen (secondary N) is 1. The normalized spacial score (nSPS) is 21.3. The van der Waals surface area contributed by atoms with E-state index in [0.717, 1.165) is 29.8 Å². The molecule has 1 aromatic carbocycles. The van der Waals surface area contributed by atoms with Gasteiger partial charge in [0.1, 0.15) is 23.5 Å². The minimum absolute atomic E-state index is 0.0319. The smallest absolute Gasteiger partial charge is 0.411 e. The van der Waals surface area contributed by atoms with Crippen molar-refractivity contribution in [2.75, 3.05) is 6.54 Å². The number of nitrogens with zero attached hydrogens (tertiary/aromatic N) is 5. The van der Waals surface area contributed by atoms with Crippen LogP contribution in [0.3, 0.4) is 0 Å². The van der Waals surface area contributed by atoms with E-state index in [0.29, 0.717) is 35.6 Å². The van der Waals surface area contributed by atoms with Gasteiger partial charge in [0, 0.05) is 23.7 Å². The third-order valence-electron chi connectivity index (χ3n) is 8.81. The molecule has 1 saturated carbocycles. The van der Waals surface area contributed by atoms with E-state index in [-0.39, 0.29) is 36.6 Å². The highest BCUT2D eigenvalue weighted by Crippen LogP contribution is 2.43. The maximum atomic E-state index is 15.2. The molecule has 4 unspecified atom stereocenters. The molecule has 2 bridgehead atoms. The molecule has 3 amide bonds. The van der Waals surface area contributed by atoms with Crippen LogP contribution < -0.4 is 5.32 Å². The Morgan fingerprint density at radius 1 is 1.18 bits per heavy atom. The van der Waals surface area contributed by atoms with Crippen molar-refractivity contribution < 1.29 is 23.5 Å². The number of thiophene rings is 1. The first-order valence-corrected chi connectivity index (χ1v) is 16.2. The molecule has 3 aliphatic rings. The number of rotatable bonds is 7. The number of hydrogen-bond donors (Lipinski definition) is 1. The average Bonchev–Trinajstić information content (AvgIpc) is 3.82. The fraction of sp³-hybridized carbons (Fsp3) is 0.485. The van der Waals surface area contributed by atoms with Crippen LogP contribution in [0.15, 0.2) is 42.6 Å². The molecular weight excluding hydrogens is 595 g/mol. The molecule has 10 nitrogen and oxygen atoms in total. The molecule has 236 valence electrons. The lowest BCUT2D eigenvalue weighted by molar-refractivity contribution is -0.128. The first-order valence-electron chi connectivity index (χ1n) is 15.4. The number of nitriles is 1. The van der Waals surface area contributed by atoms with E-state index in [1.165, 1.54) is 17.4 Å². The van der Waals surface area contributed by atoms with Crippen LogP contribution in [0.4, 0.5) is 9.18 Å². The Balaban J connectivity index is 1.06. The Hall–Kier alpha value is -4.24. The molecule has 2 fully saturated rings. The number of likely N-dealkylation sites (tertiary alicyclic amines) is 1. The summed E-state index contributed by atoms with van der Waals surface area (Å²) in [5.74, 6) is -0.802. The monoisotopic (exact) mass is 632 g/mol. The number of aromatic nitrogens is 2. The Kier molecular flexibility index (Phi) is 8.39. The maximum Gasteiger partial charge on any atom is 0.411 e. The second-order valence-electron chi connectivity index (χ2n) is 13.0. The highest BCUT2D eigenvalue weighted by molar-refractivity contribution is 7.17. The van der Waals surface area contributed by atoms with Crippen molar-refractivity contribution in [3.05, 3.63) is 64.5 Å². The number of benzene rings is 1. The highest BCUT2D eigenvalue weighted by atomic mass is 32.1. The Morgan fingerprint density at radius 3 is 2.76 bits per heavy atom. The third-order valence-corrected chi connectivity index (χ3v) is 9.94. The summed E-state index contributed by atoms with van der Waals surface area (Å²) in [6, 6.07) is 11.0. The van der Waals surface area contributed by atoms with Crippen LogP contribution in [-0.2, 0) is 29.0 Å². The highest BCUT2D eigenvalue weighted by Gasteiger charge is 2.52. The van der Waals surface area contributed by atoms with Crippen LogP contribution in [0.1, 0.15) is 67.4 Å². The topological polar surface area (TPSA) is 121 Å². The van der Waals surface area contributed by atoms with Crippen molar-refractivity contribution in [2.24, 2.45) is 5.92 Å². The van der Waals surface area contributed by atoms with E-state index in [9.17, 15) is 19.6 Å². The van der Waals surface area contributed by atoms with Crippen LogP contribution in [0.2, 0.25) is 0 Å². The average molecular weight is 633 g/mol. The van der Waals surface area contributed by atoms with E-state index in [4.69, 9.17) is 4.74 Å². The Morgan fingerprint density at radius 2 is 2.00 bits per heavy atom. The Bertz CT molecular complexity index is 1650. The summed E-state index contributed by atoms with van der Waals surface area (Å²) in [7, 11) is 0. The first-order chi connectivity index (χ1) is 21.5. The number of carbonyl (C=O) groups excluding carboxylic acids is 3. The van der Waals surface area contributed by atoms with Crippen molar-refractivity contribution in [2.45, 2.75) is 89.7 Å². The second-order valence-corrected chi connectivity index (χ2v) is 14.1. The largest absolute Gasteiger partial charge is 0.444 e. The van der Waals surface area contributed by atoms with Gasteiger partial charge in [-0.2, -0.15) is 10.4 Å². The van der Waals surface area contributed by atoms with E-state index >= 15 is 4.39 Å². The Labute approximate surface area is 265 Å². The van der Waals surface area contributed by atoms with Crippen molar-refractivity contribution in [1.29, 1.82) is 5.26 Å². The lowest BCUT2D eigenvalue weighted by atomic mass is 9.97. The van der Waals surface area contributed by atoms with Gasteiger partial charge in [0.05, 0.1) is 29.7 Å². The standard InChI is InChI=1S/C33H37FN6O4S/c1-33(2,3)44-32(43)40-24-9-7-22(16-24)29(40)30(41)37-23(18-35)8-6-20-4-5-21(17-26(20)34)27-10-11-28(45-27)31(42)38-14-15-39-25(19-38)12-13-36-39/h4-5,10-13,17,22-24,29H,6-9,14-16,19H2,1-3H3,(H,37,41). The summed E-state index contributed by atoms with van der Waals surface area (Å²) in [5.41, 5.74) is 1.41. The van der Waals surface area contributed by atoms with Crippen LogP contribution in [0.5, 0.6) is 0 Å². The number of halogens is 1. The molecule has 2 aromatic heterocycles.